The van der Waals surface area contributed by atoms with E-state index in [4.69, 9.17) is 3.40 Å². The molecule has 0 aliphatic heterocycles. The van der Waals surface area contributed by atoms with Gasteiger partial charge in [-0.1, -0.05) is 7.43 Å². The molecule has 0 N–H and O–H groups in total. The van der Waals surface area contributed by atoms with Crippen LogP contribution in [0, 0.1) is 0 Å². The average molecular weight is 249 g/mol. The van der Waals surface area contributed by atoms with Crippen LogP contribution < -0.4 is 0 Å². The monoisotopic (exact) mass is 252 g/mol. The molecule has 3 heteroatoms. The summed E-state index contributed by atoms with van der Waals surface area (Å²) in [5, 5.41) is 0. The molecular formula is CH6MoOSn. The van der Waals surface area contributed by atoms with Gasteiger partial charge in [0.25, 0.3) is 0 Å². The Morgan fingerprint density at radius 3 is 1.25 bits per heavy atom. The molecule has 0 aromatic carbocycles. The summed E-state index contributed by atoms with van der Waals surface area (Å²) < 4.78 is 8.26. The van der Waals surface area contributed by atoms with E-state index in [1.54, 1.807) is 0 Å². The zero-order valence-electron chi connectivity index (χ0n) is 1.52. The van der Waals surface area contributed by atoms with Crippen LogP contribution in [0.1, 0.15) is 7.43 Å². The maximum atomic E-state index is 8.26. The van der Waals surface area contributed by atoms with E-state index in [0.717, 1.165) is 0 Å². The quantitative estimate of drug-likeness (QED) is 0.533. The normalized spacial score (nSPS) is 1.00. The third kappa shape index (κ3) is 10.4. The van der Waals surface area contributed by atoms with E-state index in [1.165, 1.54) is 0 Å². The van der Waals surface area contributed by atoms with E-state index in [2.05, 4.69) is 0 Å². The summed E-state index contributed by atoms with van der Waals surface area (Å²) in [6.45, 7) is 0. The van der Waals surface area contributed by atoms with E-state index in [-0.39, 0.29) is 31.3 Å². The Labute approximate surface area is 54.3 Å². The Hall–Kier alpha value is 1.29. The molecule has 2 radical (unpaired) electrons. The van der Waals surface area contributed by atoms with Crippen molar-refractivity contribution in [3.05, 3.63) is 0 Å². The molecule has 0 bridgehead atoms. The van der Waals surface area contributed by atoms with Gasteiger partial charge in [-0.25, -0.2) is 0 Å². The van der Waals surface area contributed by atoms with Gasteiger partial charge >= 0.3 is 47.1 Å². The Morgan fingerprint density at radius 2 is 1.25 bits per heavy atom. The molecule has 26 valence electrons. The van der Waals surface area contributed by atoms with Gasteiger partial charge in [0.15, 0.2) is 0 Å². The Kier molecular flexibility index (Phi) is 130. The zero-order chi connectivity index (χ0) is 2.00. The van der Waals surface area contributed by atoms with Crippen molar-refractivity contribution in [2.45, 2.75) is 7.43 Å². The van der Waals surface area contributed by atoms with Gasteiger partial charge < -0.3 is 0 Å². The fraction of sp³-hybridized carbons (Fsp3) is 1.00. The van der Waals surface area contributed by atoms with Crippen LogP contribution in [0.4, 0.5) is 0 Å². The molecule has 0 spiro atoms. The van der Waals surface area contributed by atoms with E-state index in [9.17, 15) is 0 Å². The van der Waals surface area contributed by atoms with Crippen LogP contribution in [-0.4, -0.2) is 23.9 Å². The summed E-state index contributed by atoms with van der Waals surface area (Å²) in [7, 11) is 0. The molecule has 0 aromatic heterocycles. The van der Waals surface area contributed by atoms with Crippen LogP contribution in [0.3, 0.4) is 0 Å². The number of hydrogen-bond acceptors (Lipinski definition) is 1. The molecule has 0 aromatic rings. The summed E-state index contributed by atoms with van der Waals surface area (Å²) in [6.07, 6.45) is 0. The molecule has 0 saturated heterocycles. The van der Waals surface area contributed by atoms with Crippen molar-refractivity contribution < 1.29 is 23.2 Å². The summed E-state index contributed by atoms with van der Waals surface area (Å²) in [5.74, 6) is 0. The fourth-order valence-corrected chi connectivity index (χ4v) is 0. The van der Waals surface area contributed by atoms with Crippen LogP contribution in [0.15, 0.2) is 0 Å². The molecule has 0 rings (SSSR count). The molecule has 1 nitrogen and oxygen atoms in total. The first kappa shape index (κ1) is 18.6. The summed E-state index contributed by atoms with van der Waals surface area (Å²) >= 11 is 0.700. The van der Waals surface area contributed by atoms with Gasteiger partial charge in [0, 0.05) is 0 Å². The predicted octanol–water partition coefficient (Wildman–Crippen LogP) is -0.401. The van der Waals surface area contributed by atoms with Gasteiger partial charge in [-0.3, -0.25) is 0 Å². The Morgan fingerprint density at radius 1 is 1.25 bits per heavy atom. The molecule has 0 saturated carbocycles. The van der Waals surface area contributed by atoms with Gasteiger partial charge in [-0.2, -0.15) is 0 Å². The number of hydrogen-bond donors (Lipinski definition) is 0. The van der Waals surface area contributed by atoms with Crippen LogP contribution >= 0.6 is 0 Å². The van der Waals surface area contributed by atoms with Crippen molar-refractivity contribution in [2.24, 2.45) is 0 Å². The fourth-order valence-electron chi connectivity index (χ4n) is 0. The summed E-state index contributed by atoms with van der Waals surface area (Å²) in [6, 6.07) is 0. The van der Waals surface area contributed by atoms with Gasteiger partial charge in [0.2, 0.25) is 0 Å². The van der Waals surface area contributed by atoms with Crippen LogP contribution in [-0.2, 0) is 23.2 Å². The molecule has 0 fully saturated rings. The van der Waals surface area contributed by atoms with Crippen molar-refractivity contribution in [3.8, 4) is 0 Å². The minimum absolute atomic E-state index is 0. The molecule has 0 heterocycles. The second kappa shape index (κ2) is 28.0. The van der Waals surface area contributed by atoms with Crippen molar-refractivity contribution in [2.75, 3.05) is 0 Å². The van der Waals surface area contributed by atoms with Gasteiger partial charge in [0.1, 0.15) is 0 Å². The Balaban J connectivity index is -0.00000000500. The number of rotatable bonds is 0. The SMILES string of the molecule is C.[O]=[Mo].[SnH2]. The second-order valence-electron chi connectivity index (χ2n) is 0. The van der Waals surface area contributed by atoms with Crippen molar-refractivity contribution in [1.29, 1.82) is 0 Å². The first-order valence-corrected chi connectivity index (χ1v) is 0.986. The molecule has 4 heavy (non-hydrogen) atoms. The molecule has 0 aliphatic rings. The third-order valence-corrected chi connectivity index (χ3v) is 0. The van der Waals surface area contributed by atoms with Crippen LogP contribution in [0.25, 0.3) is 0 Å². The van der Waals surface area contributed by atoms with Gasteiger partial charge in [-0.05, 0) is 0 Å². The van der Waals surface area contributed by atoms with E-state index < -0.39 is 0 Å². The molecule has 0 atom stereocenters. The maximum absolute atomic E-state index is 8.26. The van der Waals surface area contributed by atoms with Crippen molar-refractivity contribution >= 4 is 23.9 Å². The Bertz CT molecular complexity index is 8.00. The van der Waals surface area contributed by atoms with Crippen LogP contribution in [0.5, 0.6) is 0 Å². The van der Waals surface area contributed by atoms with Gasteiger partial charge in [-0.15, -0.1) is 0 Å². The third-order valence-electron chi connectivity index (χ3n) is 0. The topological polar surface area (TPSA) is 17.1 Å². The van der Waals surface area contributed by atoms with E-state index in [0.29, 0.717) is 19.8 Å². The molecule has 0 aliphatic carbocycles. The van der Waals surface area contributed by atoms with Crippen LogP contribution in [0.2, 0.25) is 0 Å². The minimum atomic E-state index is 0. The first-order valence-electron chi connectivity index (χ1n) is 0.167. The zero-order valence-corrected chi connectivity index (χ0v) is 7.57. The average Bonchev–Trinajstić information content (AvgIpc) is 1.00. The summed E-state index contributed by atoms with van der Waals surface area (Å²) in [5.41, 5.74) is 0. The van der Waals surface area contributed by atoms with Crippen molar-refractivity contribution in [1.82, 2.24) is 0 Å². The van der Waals surface area contributed by atoms with E-state index >= 15 is 0 Å². The molecular weight excluding hydrogens is 243 g/mol. The van der Waals surface area contributed by atoms with Crippen molar-refractivity contribution in [3.63, 3.8) is 0 Å². The van der Waals surface area contributed by atoms with Gasteiger partial charge in [0.05, 0.1) is 0 Å². The standard InChI is InChI=1S/CH4.Mo.O.Sn.2H/h1H4;;;;;. The van der Waals surface area contributed by atoms with E-state index in [1.807, 2.05) is 0 Å². The first-order chi connectivity index (χ1) is 1.00. The predicted molar refractivity (Wildman–Crippen MR) is 16.0 cm³/mol. The second-order valence-corrected chi connectivity index (χ2v) is 0. The molecule has 0 unspecified atom stereocenters. The summed E-state index contributed by atoms with van der Waals surface area (Å²) in [4.78, 5) is 0. The molecule has 0 amide bonds.